The Bertz CT molecular complexity index is 153. The second-order valence-electron chi connectivity index (χ2n) is 5.39. The Labute approximate surface area is 95.4 Å². The van der Waals surface area contributed by atoms with Gasteiger partial charge in [-0.1, -0.05) is 26.2 Å². The molecule has 1 saturated carbocycles. The van der Waals surface area contributed by atoms with Crippen LogP contribution in [0, 0.1) is 11.8 Å². The highest BCUT2D eigenvalue weighted by molar-refractivity contribution is 4.70. The average Bonchev–Trinajstić information content (AvgIpc) is 2.19. The fourth-order valence-corrected chi connectivity index (χ4v) is 2.83. The Morgan fingerprint density at radius 3 is 2.53 bits per heavy atom. The smallest absolute Gasteiger partial charge is 0.00162 e. The fourth-order valence-electron chi connectivity index (χ4n) is 2.83. The molecule has 1 N–H and O–H groups in total. The van der Waals surface area contributed by atoms with Crippen molar-refractivity contribution in [1.82, 2.24) is 10.2 Å². The molecular formula is C13H28N2. The van der Waals surface area contributed by atoms with E-state index in [2.05, 4.69) is 24.2 Å². The van der Waals surface area contributed by atoms with E-state index in [1.165, 1.54) is 45.2 Å². The van der Waals surface area contributed by atoms with Crippen LogP contribution >= 0.6 is 0 Å². The Hall–Kier alpha value is -0.0800. The normalized spacial score (nSPS) is 20.8. The second-order valence-corrected chi connectivity index (χ2v) is 5.39. The molecule has 1 aliphatic rings. The largest absolute Gasteiger partial charge is 0.319 e. The zero-order valence-corrected chi connectivity index (χ0v) is 10.8. The van der Waals surface area contributed by atoms with E-state index in [0.717, 1.165) is 18.4 Å². The van der Waals surface area contributed by atoms with Gasteiger partial charge < -0.3 is 10.2 Å². The number of nitrogens with zero attached hydrogens (tertiary/aromatic N) is 1. The lowest BCUT2D eigenvalue weighted by Gasteiger charge is -2.28. The molecule has 0 spiro atoms. The first-order valence-electron chi connectivity index (χ1n) is 6.55. The molecule has 1 rings (SSSR count). The molecule has 1 unspecified atom stereocenters. The maximum atomic E-state index is 3.25. The van der Waals surface area contributed by atoms with Gasteiger partial charge in [-0.25, -0.2) is 0 Å². The molecule has 1 atom stereocenters. The third kappa shape index (κ3) is 5.53. The number of hydrogen-bond donors (Lipinski definition) is 1. The highest BCUT2D eigenvalue weighted by atomic mass is 15.1. The lowest BCUT2D eigenvalue weighted by atomic mass is 9.89. The maximum absolute atomic E-state index is 3.25. The van der Waals surface area contributed by atoms with Crippen LogP contribution in [-0.2, 0) is 0 Å². The molecule has 0 bridgehead atoms. The van der Waals surface area contributed by atoms with Crippen LogP contribution in [0.1, 0.15) is 39.0 Å². The molecular weight excluding hydrogens is 184 g/mol. The van der Waals surface area contributed by atoms with Gasteiger partial charge >= 0.3 is 0 Å². The summed E-state index contributed by atoms with van der Waals surface area (Å²) in [5.74, 6) is 1.74. The summed E-state index contributed by atoms with van der Waals surface area (Å²) >= 11 is 0. The van der Waals surface area contributed by atoms with Crippen LogP contribution in [-0.4, -0.2) is 38.6 Å². The average molecular weight is 212 g/mol. The van der Waals surface area contributed by atoms with E-state index in [0.29, 0.717) is 0 Å². The van der Waals surface area contributed by atoms with Crippen LogP contribution < -0.4 is 5.32 Å². The minimum Gasteiger partial charge on any atom is -0.319 e. The molecule has 15 heavy (non-hydrogen) atoms. The molecule has 1 aliphatic carbocycles. The summed E-state index contributed by atoms with van der Waals surface area (Å²) < 4.78 is 0. The molecule has 0 aliphatic heterocycles. The van der Waals surface area contributed by atoms with E-state index in [-0.39, 0.29) is 0 Å². The summed E-state index contributed by atoms with van der Waals surface area (Å²) in [6, 6.07) is 0. The first kappa shape index (κ1) is 13.0. The zero-order chi connectivity index (χ0) is 11.1. The molecule has 2 nitrogen and oxygen atoms in total. The van der Waals surface area contributed by atoms with E-state index in [1.54, 1.807) is 0 Å². The topological polar surface area (TPSA) is 15.3 Å². The van der Waals surface area contributed by atoms with Crippen molar-refractivity contribution < 1.29 is 0 Å². The van der Waals surface area contributed by atoms with Gasteiger partial charge in [0.25, 0.3) is 0 Å². The van der Waals surface area contributed by atoms with Crippen molar-refractivity contribution >= 4 is 0 Å². The molecule has 90 valence electrons. The Morgan fingerprint density at radius 2 is 1.93 bits per heavy atom. The molecule has 0 amide bonds. The molecule has 0 aromatic carbocycles. The van der Waals surface area contributed by atoms with Gasteiger partial charge in [0.2, 0.25) is 0 Å². The molecule has 0 aromatic rings. The summed E-state index contributed by atoms with van der Waals surface area (Å²) in [7, 11) is 4.32. The Kier molecular flexibility index (Phi) is 6.26. The molecule has 0 aromatic heterocycles. The lowest BCUT2D eigenvalue weighted by Crippen LogP contribution is -2.33. The SMILES string of the molecule is CNCC(C)CN(C)CC1CCCCC1. The van der Waals surface area contributed by atoms with Gasteiger partial charge in [0, 0.05) is 13.1 Å². The van der Waals surface area contributed by atoms with Crippen LogP contribution in [0.2, 0.25) is 0 Å². The van der Waals surface area contributed by atoms with Crippen molar-refractivity contribution in [2.45, 2.75) is 39.0 Å². The first-order chi connectivity index (χ1) is 7.22. The van der Waals surface area contributed by atoms with E-state index in [9.17, 15) is 0 Å². The molecule has 0 saturated heterocycles. The van der Waals surface area contributed by atoms with Crippen LogP contribution in [0.4, 0.5) is 0 Å². The summed E-state index contributed by atoms with van der Waals surface area (Å²) in [5.41, 5.74) is 0. The zero-order valence-electron chi connectivity index (χ0n) is 10.8. The highest BCUT2D eigenvalue weighted by Gasteiger charge is 2.16. The van der Waals surface area contributed by atoms with Gasteiger partial charge in [-0.05, 0) is 45.3 Å². The van der Waals surface area contributed by atoms with Crippen LogP contribution in [0.3, 0.4) is 0 Å². The highest BCUT2D eigenvalue weighted by Crippen LogP contribution is 2.24. The minimum atomic E-state index is 0.767. The van der Waals surface area contributed by atoms with E-state index in [4.69, 9.17) is 0 Å². The predicted molar refractivity (Wildman–Crippen MR) is 67.2 cm³/mol. The van der Waals surface area contributed by atoms with E-state index in [1.807, 2.05) is 7.05 Å². The van der Waals surface area contributed by atoms with Crippen molar-refractivity contribution in [3.05, 3.63) is 0 Å². The van der Waals surface area contributed by atoms with Crippen LogP contribution in [0.5, 0.6) is 0 Å². The summed E-state index contributed by atoms with van der Waals surface area (Å²) in [6.45, 7) is 6.01. The quantitative estimate of drug-likeness (QED) is 0.727. The molecule has 1 fully saturated rings. The van der Waals surface area contributed by atoms with Gasteiger partial charge in [0.1, 0.15) is 0 Å². The van der Waals surface area contributed by atoms with Crippen LogP contribution in [0.15, 0.2) is 0 Å². The van der Waals surface area contributed by atoms with Crippen molar-refractivity contribution in [2.75, 3.05) is 33.7 Å². The third-order valence-corrected chi connectivity index (χ3v) is 3.47. The number of nitrogens with one attached hydrogen (secondary N) is 1. The Morgan fingerprint density at radius 1 is 1.27 bits per heavy atom. The maximum Gasteiger partial charge on any atom is 0.00162 e. The van der Waals surface area contributed by atoms with Crippen molar-refractivity contribution in [2.24, 2.45) is 11.8 Å². The van der Waals surface area contributed by atoms with Crippen LogP contribution in [0.25, 0.3) is 0 Å². The van der Waals surface area contributed by atoms with E-state index >= 15 is 0 Å². The lowest BCUT2D eigenvalue weighted by molar-refractivity contribution is 0.211. The summed E-state index contributed by atoms with van der Waals surface area (Å²) in [6.07, 6.45) is 7.32. The van der Waals surface area contributed by atoms with Gasteiger partial charge in [-0.15, -0.1) is 0 Å². The van der Waals surface area contributed by atoms with Gasteiger partial charge in [-0.2, -0.15) is 0 Å². The summed E-state index contributed by atoms with van der Waals surface area (Å²) in [4.78, 5) is 2.53. The van der Waals surface area contributed by atoms with Crippen molar-refractivity contribution in [3.63, 3.8) is 0 Å². The standard InChI is InChI=1S/C13H28N2/c1-12(9-14-2)10-15(3)11-13-7-5-4-6-8-13/h12-14H,4-11H2,1-3H3. The molecule has 2 heteroatoms. The number of rotatable bonds is 6. The van der Waals surface area contributed by atoms with Gasteiger partial charge in [-0.3, -0.25) is 0 Å². The molecule has 0 radical (unpaired) electrons. The second kappa shape index (κ2) is 7.24. The van der Waals surface area contributed by atoms with Crippen molar-refractivity contribution in [1.29, 1.82) is 0 Å². The van der Waals surface area contributed by atoms with Gasteiger partial charge in [0.05, 0.1) is 0 Å². The Balaban J connectivity index is 2.13. The van der Waals surface area contributed by atoms with Crippen molar-refractivity contribution in [3.8, 4) is 0 Å². The fraction of sp³-hybridized carbons (Fsp3) is 1.00. The third-order valence-electron chi connectivity index (χ3n) is 3.47. The van der Waals surface area contributed by atoms with Gasteiger partial charge in [0.15, 0.2) is 0 Å². The summed E-state index contributed by atoms with van der Waals surface area (Å²) in [5, 5.41) is 3.25. The minimum absolute atomic E-state index is 0.767. The van der Waals surface area contributed by atoms with E-state index < -0.39 is 0 Å². The number of hydrogen-bond acceptors (Lipinski definition) is 2. The predicted octanol–water partition coefficient (Wildman–Crippen LogP) is 2.35. The first-order valence-corrected chi connectivity index (χ1v) is 6.55. The monoisotopic (exact) mass is 212 g/mol. The molecule has 0 heterocycles.